The van der Waals surface area contributed by atoms with Crippen LogP contribution in [-0.4, -0.2) is 26.3 Å². The van der Waals surface area contributed by atoms with Crippen LogP contribution in [0.1, 0.15) is 18.2 Å². The van der Waals surface area contributed by atoms with Gasteiger partial charge in [-0.05, 0) is 30.0 Å². The Morgan fingerprint density at radius 1 is 1.56 bits per heavy atom. The van der Waals surface area contributed by atoms with Crippen LogP contribution in [0, 0.1) is 0 Å². The molecule has 0 aromatic carbocycles. The summed E-state index contributed by atoms with van der Waals surface area (Å²) in [5.41, 5.74) is 1.12. The monoisotopic (exact) mass is 239 g/mol. The zero-order valence-electron chi connectivity index (χ0n) is 10.00. The molecule has 0 saturated heterocycles. The van der Waals surface area contributed by atoms with Crippen LogP contribution in [0.2, 0.25) is 0 Å². The lowest BCUT2D eigenvalue weighted by Crippen LogP contribution is -2.19. The van der Waals surface area contributed by atoms with E-state index in [9.17, 15) is 0 Å². The van der Waals surface area contributed by atoms with Gasteiger partial charge in [0.25, 0.3) is 0 Å². The minimum absolute atomic E-state index is 0.669. The van der Waals surface area contributed by atoms with Gasteiger partial charge in [0.2, 0.25) is 0 Å². The van der Waals surface area contributed by atoms with Gasteiger partial charge < -0.3 is 10.1 Å². The Morgan fingerprint density at radius 3 is 3.12 bits per heavy atom. The fraction of sp³-hybridized carbons (Fsp3) is 0.538. The van der Waals surface area contributed by atoms with Crippen molar-refractivity contribution >= 4 is 11.3 Å². The Hall–Kier alpha value is -0.640. The van der Waals surface area contributed by atoms with E-state index in [4.69, 9.17) is 4.74 Å². The Labute approximate surface area is 102 Å². The van der Waals surface area contributed by atoms with Crippen LogP contribution in [0.3, 0.4) is 0 Å². The number of rotatable bonds is 9. The molecule has 1 heterocycles. The molecule has 0 fully saturated rings. The molecule has 0 unspecified atom stereocenters. The first-order valence-corrected chi connectivity index (χ1v) is 6.68. The Kier molecular flexibility index (Phi) is 7.14. The van der Waals surface area contributed by atoms with Crippen LogP contribution in [0.5, 0.6) is 0 Å². The topological polar surface area (TPSA) is 21.3 Å². The van der Waals surface area contributed by atoms with E-state index in [0.29, 0.717) is 6.61 Å². The summed E-state index contributed by atoms with van der Waals surface area (Å²) in [4.78, 5) is 1.38. The van der Waals surface area contributed by atoms with Crippen molar-refractivity contribution in [3.63, 3.8) is 0 Å². The summed E-state index contributed by atoms with van der Waals surface area (Å²) in [5, 5.41) is 5.41. The van der Waals surface area contributed by atoms with Gasteiger partial charge in [0.15, 0.2) is 0 Å². The summed E-state index contributed by atoms with van der Waals surface area (Å²) < 4.78 is 5.57. The van der Waals surface area contributed by atoms with Gasteiger partial charge in [-0.25, -0.2) is 0 Å². The highest BCUT2D eigenvalue weighted by Crippen LogP contribution is 2.08. The summed E-state index contributed by atoms with van der Waals surface area (Å²) in [6.45, 7) is 9.51. The normalized spacial score (nSPS) is 10.6. The van der Waals surface area contributed by atoms with Gasteiger partial charge in [0.05, 0.1) is 13.2 Å². The van der Waals surface area contributed by atoms with Crippen LogP contribution in [0.15, 0.2) is 29.7 Å². The van der Waals surface area contributed by atoms with Gasteiger partial charge in [-0.3, -0.25) is 0 Å². The van der Waals surface area contributed by atoms with E-state index >= 15 is 0 Å². The fourth-order valence-corrected chi connectivity index (χ4v) is 2.03. The van der Waals surface area contributed by atoms with Gasteiger partial charge in [-0.2, -0.15) is 0 Å². The van der Waals surface area contributed by atoms with E-state index in [2.05, 4.69) is 36.3 Å². The van der Waals surface area contributed by atoms with E-state index < -0.39 is 0 Å². The molecule has 3 heteroatoms. The molecule has 1 aromatic rings. The molecule has 0 aliphatic rings. The lowest BCUT2D eigenvalue weighted by atomic mass is 10.3. The molecule has 0 amide bonds. The molecule has 0 radical (unpaired) electrons. The van der Waals surface area contributed by atoms with Crippen molar-refractivity contribution < 1.29 is 4.74 Å². The van der Waals surface area contributed by atoms with Crippen molar-refractivity contribution in [3.05, 3.63) is 34.5 Å². The minimum atomic E-state index is 0.669. The predicted molar refractivity (Wildman–Crippen MR) is 71.1 cm³/mol. The van der Waals surface area contributed by atoms with Gasteiger partial charge in [0, 0.05) is 17.8 Å². The standard InChI is InChI=1S/C13H21NOS/c1-3-7-14-10-12(2)11-15-8-6-13-5-4-9-16-13/h4-5,9,14H,2-3,6-8,10-11H2,1H3. The fourth-order valence-electron chi connectivity index (χ4n) is 1.34. The maximum absolute atomic E-state index is 5.57. The molecular formula is C13H21NOS. The quantitative estimate of drug-likeness (QED) is 0.528. The Bertz CT molecular complexity index is 282. The minimum Gasteiger partial charge on any atom is -0.377 e. The predicted octanol–water partition coefficient (Wildman–Crippen LogP) is 2.86. The molecule has 1 rings (SSSR count). The van der Waals surface area contributed by atoms with E-state index in [1.165, 1.54) is 4.88 Å². The highest BCUT2D eigenvalue weighted by molar-refractivity contribution is 7.09. The van der Waals surface area contributed by atoms with E-state index in [0.717, 1.165) is 38.1 Å². The van der Waals surface area contributed by atoms with Gasteiger partial charge in [0.1, 0.15) is 0 Å². The molecule has 90 valence electrons. The molecule has 2 nitrogen and oxygen atoms in total. The highest BCUT2D eigenvalue weighted by Gasteiger charge is 1.96. The molecule has 16 heavy (non-hydrogen) atoms. The van der Waals surface area contributed by atoms with Gasteiger partial charge in [-0.15, -0.1) is 11.3 Å². The van der Waals surface area contributed by atoms with Crippen molar-refractivity contribution in [3.8, 4) is 0 Å². The molecule has 0 spiro atoms. The molecule has 0 atom stereocenters. The number of hydrogen-bond acceptors (Lipinski definition) is 3. The van der Waals surface area contributed by atoms with Crippen molar-refractivity contribution in [2.24, 2.45) is 0 Å². The highest BCUT2D eigenvalue weighted by atomic mass is 32.1. The van der Waals surface area contributed by atoms with E-state index in [-0.39, 0.29) is 0 Å². The van der Waals surface area contributed by atoms with Crippen molar-refractivity contribution in [2.45, 2.75) is 19.8 Å². The van der Waals surface area contributed by atoms with Crippen molar-refractivity contribution in [2.75, 3.05) is 26.3 Å². The summed E-state index contributed by atoms with van der Waals surface area (Å²) in [6.07, 6.45) is 2.17. The van der Waals surface area contributed by atoms with Crippen LogP contribution < -0.4 is 5.32 Å². The number of nitrogens with one attached hydrogen (secondary N) is 1. The van der Waals surface area contributed by atoms with Crippen LogP contribution in [0.25, 0.3) is 0 Å². The lowest BCUT2D eigenvalue weighted by Gasteiger charge is -2.07. The number of hydrogen-bond donors (Lipinski definition) is 1. The summed E-state index contributed by atoms with van der Waals surface area (Å²) in [6, 6.07) is 4.22. The SMILES string of the molecule is C=C(CNCCC)COCCc1cccs1. The number of ether oxygens (including phenoxy) is 1. The Morgan fingerprint density at radius 2 is 2.44 bits per heavy atom. The summed E-state index contributed by atoms with van der Waals surface area (Å²) in [7, 11) is 0. The van der Waals surface area contributed by atoms with Crippen molar-refractivity contribution in [1.82, 2.24) is 5.32 Å². The third kappa shape index (κ3) is 6.05. The molecule has 1 N–H and O–H groups in total. The first-order valence-electron chi connectivity index (χ1n) is 5.80. The zero-order chi connectivity index (χ0) is 11.6. The maximum Gasteiger partial charge on any atom is 0.0686 e. The average molecular weight is 239 g/mol. The van der Waals surface area contributed by atoms with Gasteiger partial charge in [-0.1, -0.05) is 19.6 Å². The summed E-state index contributed by atoms with van der Waals surface area (Å²) in [5.74, 6) is 0. The summed E-state index contributed by atoms with van der Waals surface area (Å²) >= 11 is 1.78. The first-order chi connectivity index (χ1) is 7.83. The molecule has 0 aliphatic heterocycles. The zero-order valence-corrected chi connectivity index (χ0v) is 10.8. The third-order valence-electron chi connectivity index (χ3n) is 2.18. The maximum atomic E-state index is 5.57. The second-order valence-corrected chi connectivity index (χ2v) is 4.84. The first kappa shape index (κ1) is 13.4. The Balaban J connectivity index is 1.96. The molecular weight excluding hydrogens is 218 g/mol. The number of thiophene rings is 1. The lowest BCUT2D eigenvalue weighted by molar-refractivity contribution is 0.159. The second-order valence-electron chi connectivity index (χ2n) is 3.81. The van der Waals surface area contributed by atoms with Crippen LogP contribution >= 0.6 is 11.3 Å². The van der Waals surface area contributed by atoms with Crippen molar-refractivity contribution in [1.29, 1.82) is 0 Å². The largest absolute Gasteiger partial charge is 0.377 e. The van der Waals surface area contributed by atoms with E-state index in [1.54, 1.807) is 11.3 Å². The molecule has 0 bridgehead atoms. The van der Waals surface area contributed by atoms with E-state index in [1.807, 2.05) is 0 Å². The second kappa shape index (κ2) is 8.50. The molecule has 1 aromatic heterocycles. The average Bonchev–Trinajstić information content (AvgIpc) is 2.78. The van der Waals surface area contributed by atoms with Gasteiger partial charge >= 0.3 is 0 Å². The third-order valence-corrected chi connectivity index (χ3v) is 3.12. The van der Waals surface area contributed by atoms with Crippen LogP contribution in [0.4, 0.5) is 0 Å². The molecule has 0 saturated carbocycles. The van der Waals surface area contributed by atoms with Crippen LogP contribution in [-0.2, 0) is 11.2 Å². The molecule has 0 aliphatic carbocycles. The smallest absolute Gasteiger partial charge is 0.0686 e.